The number of nitrogens with zero attached hydrogens (tertiary/aromatic N) is 3. The van der Waals surface area contributed by atoms with Crippen molar-refractivity contribution in [2.45, 2.75) is 52.2 Å². The molecule has 5 nitrogen and oxygen atoms in total. The molecule has 0 aromatic carbocycles. The second-order valence-corrected chi connectivity index (χ2v) is 7.14. The number of carbonyl (C=O) groups excluding carboxylic acids is 1. The average Bonchev–Trinajstić information content (AvgIpc) is 2.86. The third-order valence-corrected chi connectivity index (χ3v) is 4.23. The van der Waals surface area contributed by atoms with Gasteiger partial charge in [0.25, 0.3) is 0 Å². The summed E-state index contributed by atoms with van der Waals surface area (Å²) in [5.74, 6) is 0. The molecule has 0 unspecified atom stereocenters. The van der Waals surface area contributed by atoms with Gasteiger partial charge in [0, 0.05) is 37.3 Å². The first kappa shape index (κ1) is 16.1. The van der Waals surface area contributed by atoms with Crippen LogP contribution < -0.4 is 4.80 Å². The van der Waals surface area contributed by atoms with Crippen molar-refractivity contribution in [3.63, 3.8) is 0 Å². The minimum Gasteiger partial charge on any atom is -0.444 e. The van der Waals surface area contributed by atoms with Crippen LogP contribution in [0.1, 0.15) is 46.6 Å². The zero-order valence-corrected chi connectivity index (χ0v) is 14.2. The van der Waals surface area contributed by atoms with E-state index in [-0.39, 0.29) is 6.09 Å². The van der Waals surface area contributed by atoms with E-state index in [1.807, 2.05) is 25.7 Å². The van der Waals surface area contributed by atoms with E-state index in [9.17, 15) is 4.79 Å². The van der Waals surface area contributed by atoms with Gasteiger partial charge in [-0.3, -0.25) is 4.99 Å². The van der Waals surface area contributed by atoms with Gasteiger partial charge in [-0.1, -0.05) is 0 Å². The van der Waals surface area contributed by atoms with Gasteiger partial charge in [-0.05, 0) is 40.5 Å². The molecule has 0 atom stereocenters. The SMILES string of the molecule is CCN=c1sccn1C1CCN(C(=O)OC(C)(C)C)CC1. The highest BCUT2D eigenvalue weighted by Crippen LogP contribution is 2.23. The number of likely N-dealkylation sites (tertiary alicyclic amines) is 1. The largest absolute Gasteiger partial charge is 0.444 e. The summed E-state index contributed by atoms with van der Waals surface area (Å²) in [6, 6.07) is 0.431. The first-order valence-electron chi connectivity index (χ1n) is 7.55. The van der Waals surface area contributed by atoms with E-state index in [0.717, 1.165) is 37.3 Å². The van der Waals surface area contributed by atoms with Crippen LogP contribution in [-0.4, -0.2) is 40.8 Å². The molecule has 1 fully saturated rings. The maximum absolute atomic E-state index is 12.1. The van der Waals surface area contributed by atoms with Crippen LogP contribution >= 0.6 is 11.3 Å². The summed E-state index contributed by atoms with van der Waals surface area (Å²) in [5.41, 5.74) is -0.427. The molecule has 1 aliphatic rings. The number of rotatable bonds is 2. The van der Waals surface area contributed by atoms with E-state index in [4.69, 9.17) is 4.74 Å². The van der Waals surface area contributed by atoms with E-state index in [0.29, 0.717) is 6.04 Å². The van der Waals surface area contributed by atoms with Crippen molar-refractivity contribution in [3.05, 3.63) is 16.4 Å². The van der Waals surface area contributed by atoms with Crippen molar-refractivity contribution in [2.24, 2.45) is 4.99 Å². The number of carbonyl (C=O) groups is 1. The Bertz CT molecular complexity index is 534. The number of hydrogen-bond donors (Lipinski definition) is 0. The highest BCUT2D eigenvalue weighted by Gasteiger charge is 2.27. The number of aromatic nitrogens is 1. The number of hydrogen-bond acceptors (Lipinski definition) is 4. The maximum Gasteiger partial charge on any atom is 0.410 e. The van der Waals surface area contributed by atoms with Gasteiger partial charge in [0.05, 0.1) is 0 Å². The summed E-state index contributed by atoms with van der Waals surface area (Å²) in [6.07, 6.45) is 3.81. The van der Waals surface area contributed by atoms with Crippen molar-refractivity contribution in [1.82, 2.24) is 9.47 Å². The van der Waals surface area contributed by atoms with E-state index in [1.54, 1.807) is 11.3 Å². The minimum atomic E-state index is -0.427. The van der Waals surface area contributed by atoms with Gasteiger partial charge in [0.1, 0.15) is 5.60 Å². The summed E-state index contributed by atoms with van der Waals surface area (Å²) >= 11 is 1.67. The Morgan fingerprint density at radius 2 is 2.10 bits per heavy atom. The molecule has 1 saturated heterocycles. The molecule has 21 heavy (non-hydrogen) atoms. The lowest BCUT2D eigenvalue weighted by atomic mass is 10.1. The van der Waals surface area contributed by atoms with Crippen LogP contribution in [0.15, 0.2) is 16.6 Å². The molecule has 0 radical (unpaired) electrons. The molecule has 1 aromatic heterocycles. The highest BCUT2D eigenvalue weighted by molar-refractivity contribution is 7.07. The summed E-state index contributed by atoms with van der Waals surface area (Å²) in [4.78, 5) is 19.5. The van der Waals surface area contributed by atoms with Gasteiger partial charge < -0.3 is 14.2 Å². The van der Waals surface area contributed by atoms with Gasteiger partial charge in [-0.15, -0.1) is 11.3 Å². The summed E-state index contributed by atoms with van der Waals surface area (Å²) in [7, 11) is 0. The fraction of sp³-hybridized carbons (Fsp3) is 0.733. The maximum atomic E-state index is 12.1. The lowest BCUT2D eigenvalue weighted by molar-refractivity contribution is 0.0188. The molecule has 118 valence electrons. The molecule has 2 rings (SSSR count). The summed E-state index contributed by atoms with van der Waals surface area (Å²) in [5, 5.41) is 2.08. The Kier molecular flexibility index (Phi) is 5.08. The standard InChI is InChI=1S/C15H25N3O2S/c1-5-16-13-18(10-11-21-13)12-6-8-17(9-7-12)14(19)20-15(2,3)4/h10-12H,5-9H2,1-4H3. The third-order valence-electron chi connectivity index (χ3n) is 3.42. The molecule has 6 heteroatoms. The van der Waals surface area contributed by atoms with Gasteiger partial charge >= 0.3 is 6.09 Å². The quantitative estimate of drug-likeness (QED) is 0.843. The highest BCUT2D eigenvalue weighted by atomic mass is 32.1. The van der Waals surface area contributed by atoms with Crippen LogP contribution in [0.3, 0.4) is 0 Å². The molecule has 0 aliphatic carbocycles. The van der Waals surface area contributed by atoms with Gasteiger partial charge in [-0.2, -0.15) is 0 Å². The van der Waals surface area contributed by atoms with Gasteiger partial charge in [0.2, 0.25) is 0 Å². The first-order valence-corrected chi connectivity index (χ1v) is 8.42. The molecular formula is C15H25N3O2S. The first-order chi connectivity index (χ1) is 9.90. The fourth-order valence-electron chi connectivity index (χ4n) is 2.47. The van der Waals surface area contributed by atoms with E-state index >= 15 is 0 Å². The van der Waals surface area contributed by atoms with E-state index in [1.165, 1.54) is 0 Å². The predicted octanol–water partition coefficient (Wildman–Crippen LogP) is 3.04. The Morgan fingerprint density at radius 1 is 1.43 bits per heavy atom. The van der Waals surface area contributed by atoms with Crippen LogP contribution in [0.2, 0.25) is 0 Å². The zero-order valence-electron chi connectivity index (χ0n) is 13.3. The van der Waals surface area contributed by atoms with Crippen molar-refractivity contribution in [1.29, 1.82) is 0 Å². The van der Waals surface area contributed by atoms with Crippen molar-refractivity contribution >= 4 is 17.4 Å². The summed E-state index contributed by atoms with van der Waals surface area (Å²) < 4.78 is 7.68. The molecule has 0 N–H and O–H groups in total. The van der Waals surface area contributed by atoms with Crippen molar-refractivity contribution in [3.8, 4) is 0 Å². The number of ether oxygens (including phenoxy) is 1. The zero-order chi connectivity index (χ0) is 15.5. The Hall–Kier alpha value is -1.30. The van der Waals surface area contributed by atoms with Crippen LogP contribution in [-0.2, 0) is 4.74 Å². The molecule has 0 bridgehead atoms. The Labute approximate surface area is 130 Å². The van der Waals surface area contributed by atoms with Crippen molar-refractivity contribution < 1.29 is 9.53 Å². The lowest BCUT2D eigenvalue weighted by Crippen LogP contribution is -2.42. The number of amides is 1. The van der Waals surface area contributed by atoms with Crippen LogP contribution in [0.4, 0.5) is 4.79 Å². The average molecular weight is 311 g/mol. The molecule has 1 aromatic rings. The Balaban J connectivity index is 1.96. The molecule has 1 amide bonds. The van der Waals surface area contributed by atoms with E-state index in [2.05, 4.69) is 28.1 Å². The lowest BCUT2D eigenvalue weighted by Gasteiger charge is -2.33. The normalized spacial score (nSPS) is 18.1. The molecular weight excluding hydrogens is 286 g/mol. The topological polar surface area (TPSA) is 46.8 Å². The third kappa shape index (κ3) is 4.33. The van der Waals surface area contributed by atoms with Gasteiger partial charge in [-0.25, -0.2) is 4.79 Å². The van der Waals surface area contributed by atoms with Crippen LogP contribution in [0, 0.1) is 0 Å². The molecule has 0 spiro atoms. The molecule has 1 aliphatic heterocycles. The van der Waals surface area contributed by atoms with Crippen LogP contribution in [0.5, 0.6) is 0 Å². The second-order valence-electron chi connectivity index (χ2n) is 6.27. The van der Waals surface area contributed by atoms with Crippen LogP contribution in [0.25, 0.3) is 0 Å². The van der Waals surface area contributed by atoms with Crippen molar-refractivity contribution in [2.75, 3.05) is 19.6 Å². The molecule has 0 saturated carbocycles. The van der Waals surface area contributed by atoms with Gasteiger partial charge in [0.15, 0.2) is 4.80 Å². The second kappa shape index (κ2) is 6.64. The summed E-state index contributed by atoms with van der Waals surface area (Å²) in [6.45, 7) is 10.0. The smallest absolute Gasteiger partial charge is 0.410 e. The fourth-order valence-corrected chi connectivity index (χ4v) is 3.32. The predicted molar refractivity (Wildman–Crippen MR) is 84.5 cm³/mol. The number of thiazole rings is 1. The Morgan fingerprint density at radius 3 is 2.67 bits per heavy atom. The monoisotopic (exact) mass is 311 g/mol. The van der Waals surface area contributed by atoms with E-state index < -0.39 is 5.60 Å². The number of piperidine rings is 1. The minimum absolute atomic E-state index is 0.199. The molecule has 2 heterocycles.